The Kier molecular flexibility index (Phi) is 5.38. The summed E-state index contributed by atoms with van der Waals surface area (Å²) in [5.41, 5.74) is 2.36. The van der Waals surface area contributed by atoms with Gasteiger partial charge in [0.2, 0.25) is 5.91 Å². The first-order chi connectivity index (χ1) is 10.1. The van der Waals surface area contributed by atoms with Crippen LogP contribution in [-0.2, 0) is 11.8 Å². The van der Waals surface area contributed by atoms with Gasteiger partial charge in [-0.05, 0) is 18.9 Å². The monoisotopic (exact) mass is 304 g/mol. The van der Waals surface area contributed by atoms with E-state index in [9.17, 15) is 4.79 Å². The van der Waals surface area contributed by atoms with E-state index in [-0.39, 0.29) is 11.9 Å². The molecule has 21 heavy (non-hydrogen) atoms. The van der Waals surface area contributed by atoms with Crippen LogP contribution >= 0.6 is 11.8 Å². The third-order valence-corrected chi connectivity index (χ3v) is 4.26. The normalized spacial score (nSPS) is 12.1. The summed E-state index contributed by atoms with van der Waals surface area (Å²) in [6, 6.07) is 8.33. The summed E-state index contributed by atoms with van der Waals surface area (Å²) in [6.45, 7) is 4.13. The summed E-state index contributed by atoms with van der Waals surface area (Å²) in [4.78, 5) is 12.1. The van der Waals surface area contributed by atoms with Crippen LogP contribution in [-0.4, -0.2) is 26.4 Å². The molecule has 0 spiro atoms. The van der Waals surface area contributed by atoms with Gasteiger partial charge in [-0.25, -0.2) is 0 Å². The molecule has 1 aromatic carbocycles. The molecule has 1 N–H and O–H groups in total. The maximum Gasteiger partial charge on any atom is 0.230 e. The smallest absolute Gasteiger partial charge is 0.230 e. The van der Waals surface area contributed by atoms with Crippen molar-refractivity contribution >= 4 is 17.7 Å². The van der Waals surface area contributed by atoms with Crippen LogP contribution in [0.4, 0.5) is 0 Å². The molecule has 0 aliphatic carbocycles. The molecule has 5 nitrogen and oxygen atoms in total. The van der Waals surface area contributed by atoms with Crippen LogP contribution < -0.4 is 5.32 Å². The topological polar surface area (TPSA) is 59.8 Å². The Labute approximate surface area is 129 Å². The third-order valence-electron chi connectivity index (χ3n) is 3.23. The summed E-state index contributed by atoms with van der Waals surface area (Å²) < 4.78 is 1.80. The lowest BCUT2D eigenvalue weighted by molar-refractivity contribution is -0.119. The zero-order valence-corrected chi connectivity index (χ0v) is 13.4. The van der Waals surface area contributed by atoms with Crippen molar-refractivity contribution in [3.8, 4) is 0 Å². The van der Waals surface area contributed by atoms with Crippen LogP contribution in [0, 0.1) is 6.92 Å². The fourth-order valence-corrected chi connectivity index (χ4v) is 2.69. The molecule has 1 atom stereocenters. The lowest BCUT2D eigenvalue weighted by Crippen LogP contribution is -2.29. The number of thioether (sulfide) groups is 1. The highest BCUT2D eigenvalue weighted by Crippen LogP contribution is 2.18. The number of nitrogens with one attached hydrogen (secondary N) is 1. The molecule has 2 aromatic rings. The number of carbonyl (C=O) groups is 1. The van der Waals surface area contributed by atoms with Crippen LogP contribution in [0.15, 0.2) is 35.7 Å². The minimum absolute atomic E-state index is 0.00965. The molecular formula is C15H20N4OS. The van der Waals surface area contributed by atoms with E-state index in [0.29, 0.717) is 5.75 Å². The van der Waals surface area contributed by atoms with Crippen molar-refractivity contribution in [2.45, 2.75) is 31.5 Å². The van der Waals surface area contributed by atoms with Crippen LogP contribution in [0.2, 0.25) is 0 Å². The second kappa shape index (κ2) is 7.26. The Morgan fingerprint density at radius 3 is 2.67 bits per heavy atom. The lowest BCUT2D eigenvalue weighted by atomic mass is 10.0. The van der Waals surface area contributed by atoms with Gasteiger partial charge in [-0.15, -0.1) is 10.2 Å². The van der Waals surface area contributed by atoms with Gasteiger partial charge in [0, 0.05) is 7.05 Å². The minimum atomic E-state index is 0.00965. The second-order valence-corrected chi connectivity index (χ2v) is 5.89. The molecule has 6 heteroatoms. The van der Waals surface area contributed by atoms with Gasteiger partial charge in [-0.3, -0.25) is 4.79 Å². The Balaban J connectivity index is 1.90. The van der Waals surface area contributed by atoms with Crippen molar-refractivity contribution in [2.24, 2.45) is 7.05 Å². The summed E-state index contributed by atoms with van der Waals surface area (Å²) in [6.07, 6.45) is 2.49. The van der Waals surface area contributed by atoms with E-state index in [1.54, 1.807) is 10.9 Å². The molecule has 112 valence electrons. The zero-order valence-electron chi connectivity index (χ0n) is 12.5. The van der Waals surface area contributed by atoms with Gasteiger partial charge in [0.15, 0.2) is 5.16 Å². The van der Waals surface area contributed by atoms with E-state index in [1.807, 2.05) is 7.05 Å². The first kappa shape index (κ1) is 15.6. The summed E-state index contributed by atoms with van der Waals surface area (Å²) in [5.74, 6) is 0.352. The number of benzene rings is 1. The highest BCUT2D eigenvalue weighted by molar-refractivity contribution is 7.99. The van der Waals surface area contributed by atoms with E-state index in [4.69, 9.17) is 0 Å². The number of aromatic nitrogens is 3. The molecule has 1 heterocycles. The summed E-state index contributed by atoms with van der Waals surface area (Å²) in [7, 11) is 1.86. The van der Waals surface area contributed by atoms with Gasteiger partial charge in [0.25, 0.3) is 0 Å². The second-order valence-electron chi connectivity index (χ2n) is 4.95. The molecule has 0 saturated heterocycles. The van der Waals surface area contributed by atoms with E-state index in [1.165, 1.54) is 17.3 Å². The van der Waals surface area contributed by atoms with E-state index in [2.05, 4.69) is 53.6 Å². The Bertz CT molecular complexity index is 594. The van der Waals surface area contributed by atoms with Crippen LogP contribution in [0.25, 0.3) is 0 Å². The quantitative estimate of drug-likeness (QED) is 0.833. The van der Waals surface area contributed by atoms with E-state index >= 15 is 0 Å². The molecule has 0 aliphatic rings. The molecule has 2 rings (SSSR count). The van der Waals surface area contributed by atoms with Gasteiger partial charge >= 0.3 is 0 Å². The first-order valence-corrected chi connectivity index (χ1v) is 7.91. The summed E-state index contributed by atoms with van der Waals surface area (Å²) in [5, 5.41) is 11.6. The molecule has 1 unspecified atom stereocenters. The average Bonchev–Trinajstić information content (AvgIpc) is 2.89. The molecule has 0 saturated carbocycles. The van der Waals surface area contributed by atoms with Crippen LogP contribution in [0.3, 0.4) is 0 Å². The predicted octanol–water partition coefficient (Wildman–Crippen LogP) is 2.48. The number of hydrogen-bond donors (Lipinski definition) is 1. The molecule has 1 amide bonds. The fourth-order valence-electron chi connectivity index (χ4n) is 1.99. The molecule has 0 aliphatic heterocycles. The SMILES string of the molecule is CCC(NC(=O)CSc1nncn1C)c1ccc(C)cc1. The first-order valence-electron chi connectivity index (χ1n) is 6.93. The molecular weight excluding hydrogens is 284 g/mol. The third kappa shape index (κ3) is 4.32. The van der Waals surface area contributed by atoms with Gasteiger partial charge in [-0.2, -0.15) is 0 Å². The average molecular weight is 304 g/mol. The van der Waals surface area contributed by atoms with E-state index < -0.39 is 0 Å². The van der Waals surface area contributed by atoms with Crippen molar-refractivity contribution in [3.63, 3.8) is 0 Å². The largest absolute Gasteiger partial charge is 0.349 e. The fraction of sp³-hybridized carbons (Fsp3) is 0.400. The van der Waals surface area contributed by atoms with Gasteiger partial charge in [0.05, 0.1) is 11.8 Å². The Morgan fingerprint density at radius 1 is 1.38 bits per heavy atom. The molecule has 0 fully saturated rings. The van der Waals surface area contributed by atoms with Gasteiger partial charge < -0.3 is 9.88 Å². The minimum Gasteiger partial charge on any atom is -0.349 e. The summed E-state index contributed by atoms with van der Waals surface area (Å²) >= 11 is 1.39. The number of carbonyl (C=O) groups excluding carboxylic acids is 1. The Hall–Kier alpha value is -1.82. The zero-order chi connectivity index (χ0) is 15.2. The predicted molar refractivity (Wildman–Crippen MR) is 84.1 cm³/mol. The van der Waals surface area contributed by atoms with Crippen LogP contribution in [0.1, 0.15) is 30.5 Å². The van der Waals surface area contributed by atoms with Gasteiger partial charge in [-0.1, -0.05) is 48.5 Å². The van der Waals surface area contributed by atoms with Crippen LogP contribution in [0.5, 0.6) is 0 Å². The van der Waals surface area contributed by atoms with Crippen molar-refractivity contribution in [1.29, 1.82) is 0 Å². The Morgan fingerprint density at radius 2 is 2.10 bits per heavy atom. The van der Waals surface area contributed by atoms with Gasteiger partial charge in [0.1, 0.15) is 6.33 Å². The van der Waals surface area contributed by atoms with Crippen molar-refractivity contribution in [1.82, 2.24) is 20.1 Å². The number of hydrogen-bond acceptors (Lipinski definition) is 4. The van der Waals surface area contributed by atoms with Crippen molar-refractivity contribution in [2.75, 3.05) is 5.75 Å². The van der Waals surface area contributed by atoms with Crippen molar-refractivity contribution < 1.29 is 4.79 Å². The van der Waals surface area contributed by atoms with Crippen molar-refractivity contribution in [3.05, 3.63) is 41.7 Å². The number of rotatable bonds is 6. The maximum atomic E-state index is 12.1. The molecule has 1 aromatic heterocycles. The molecule has 0 bridgehead atoms. The standard InChI is InChI=1S/C15H20N4OS/c1-4-13(12-7-5-11(2)6-8-12)17-14(20)9-21-15-18-16-10-19(15)3/h5-8,10,13H,4,9H2,1-3H3,(H,17,20). The van der Waals surface area contributed by atoms with E-state index in [0.717, 1.165) is 17.1 Å². The number of nitrogens with zero attached hydrogens (tertiary/aromatic N) is 3. The lowest BCUT2D eigenvalue weighted by Gasteiger charge is -2.17. The molecule has 0 radical (unpaired) electrons. The maximum absolute atomic E-state index is 12.1. The highest BCUT2D eigenvalue weighted by atomic mass is 32.2. The highest BCUT2D eigenvalue weighted by Gasteiger charge is 2.13. The number of amides is 1. The number of aryl methyl sites for hydroxylation is 2.